The second-order valence-corrected chi connectivity index (χ2v) is 4.79. The molecule has 3 heteroatoms. The number of carbonyl (C=O) groups excluding carboxylic acids is 1. The highest BCUT2D eigenvalue weighted by molar-refractivity contribution is 5.81. The van der Waals surface area contributed by atoms with Gasteiger partial charge < -0.3 is 10.6 Å². The highest BCUT2D eigenvalue weighted by Gasteiger charge is 2.50. The molecule has 1 atom stereocenters. The minimum atomic E-state index is -0.00694. The number of nitrogens with zero attached hydrogens (tertiary/aromatic N) is 1. The molecule has 2 aliphatic rings. The molecule has 2 N–H and O–H groups in total. The highest BCUT2D eigenvalue weighted by Crippen LogP contribution is 2.42. The molecule has 3 nitrogen and oxygen atoms in total. The average molecular weight is 182 g/mol. The molecule has 0 aromatic heterocycles. The first-order valence-electron chi connectivity index (χ1n) is 5.09. The third-order valence-corrected chi connectivity index (χ3v) is 3.51. The average Bonchev–Trinajstić information content (AvgIpc) is 2.80. The van der Waals surface area contributed by atoms with E-state index in [1.54, 1.807) is 0 Å². The summed E-state index contributed by atoms with van der Waals surface area (Å²) in [6.45, 7) is 4.92. The Morgan fingerprint density at radius 2 is 2.15 bits per heavy atom. The Morgan fingerprint density at radius 3 is 2.54 bits per heavy atom. The first kappa shape index (κ1) is 9.00. The molecule has 1 aliphatic carbocycles. The number of hydrogen-bond donors (Lipinski definition) is 1. The fourth-order valence-corrected chi connectivity index (χ4v) is 2.46. The summed E-state index contributed by atoms with van der Waals surface area (Å²) in [4.78, 5) is 13.8. The van der Waals surface area contributed by atoms with Crippen LogP contribution in [0.3, 0.4) is 0 Å². The van der Waals surface area contributed by atoms with Crippen LogP contribution in [0.2, 0.25) is 0 Å². The number of hydrogen-bond acceptors (Lipinski definition) is 2. The number of amides is 1. The summed E-state index contributed by atoms with van der Waals surface area (Å²) in [7, 11) is 0. The van der Waals surface area contributed by atoms with Crippen LogP contribution in [0.25, 0.3) is 0 Å². The molecule has 1 amide bonds. The maximum absolute atomic E-state index is 11.7. The lowest BCUT2D eigenvalue weighted by Gasteiger charge is -2.35. The largest absolute Gasteiger partial charge is 0.334 e. The second-order valence-electron chi connectivity index (χ2n) is 4.79. The molecule has 1 saturated carbocycles. The van der Waals surface area contributed by atoms with E-state index < -0.39 is 0 Å². The Bertz CT molecular complexity index is 233. The van der Waals surface area contributed by atoms with E-state index in [1.807, 2.05) is 0 Å². The molecular formula is C10H18N2O. The van der Waals surface area contributed by atoms with Crippen molar-refractivity contribution in [2.75, 3.05) is 6.54 Å². The van der Waals surface area contributed by atoms with Crippen LogP contribution in [0.4, 0.5) is 0 Å². The van der Waals surface area contributed by atoms with Crippen molar-refractivity contribution in [3.05, 3.63) is 0 Å². The van der Waals surface area contributed by atoms with Crippen LogP contribution in [0.15, 0.2) is 0 Å². The van der Waals surface area contributed by atoms with Crippen LogP contribution in [-0.4, -0.2) is 28.9 Å². The molecule has 13 heavy (non-hydrogen) atoms. The van der Waals surface area contributed by atoms with Crippen LogP contribution < -0.4 is 5.73 Å². The second kappa shape index (κ2) is 2.71. The monoisotopic (exact) mass is 182 g/mol. The van der Waals surface area contributed by atoms with Crippen LogP contribution in [0.5, 0.6) is 0 Å². The maximum atomic E-state index is 11.7. The van der Waals surface area contributed by atoms with Gasteiger partial charge in [-0.1, -0.05) is 0 Å². The predicted molar refractivity (Wildman–Crippen MR) is 51.1 cm³/mol. The lowest BCUT2D eigenvalue weighted by Crippen LogP contribution is -2.47. The zero-order valence-corrected chi connectivity index (χ0v) is 8.42. The van der Waals surface area contributed by atoms with Crippen LogP contribution >= 0.6 is 0 Å². The molecule has 0 aromatic carbocycles. The van der Waals surface area contributed by atoms with Crippen molar-refractivity contribution in [3.63, 3.8) is 0 Å². The molecule has 1 saturated heterocycles. The molecule has 2 rings (SSSR count). The lowest BCUT2D eigenvalue weighted by atomic mass is 9.88. The van der Waals surface area contributed by atoms with Gasteiger partial charge in [-0.3, -0.25) is 4.79 Å². The fourth-order valence-electron chi connectivity index (χ4n) is 2.46. The van der Waals surface area contributed by atoms with Gasteiger partial charge in [0, 0.05) is 23.9 Å². The molecule has 0 spiro atoms. The van der Waals surface area contributed by atoms with Gasteiger partial charge in [-0.05, 0) is 33.2 Å². The Morgan fingerprint density at radius 1 is 1.54 bits per heavy atom. The lowest BCUT2D eigenvalue weighted by molar-refractivity contribution is -0.131. The van der Waals surface area contributed by atoms with Crippen molar-refractivity contribution in [1.29, 1.82) is 0 Å². The van der Waals surface area contributed by atoms with E-state index in [2.05, 4.69) is 18.7 Å². The van der Waals surface area contributed by atoms with E-state index >= 15 is 0 Å². The van der Waals surface area contributed by atoms with Crippen molar-refractivity contribution in [3.8, 4) is 0 Å². The summed E-state index contributed by atoms with van der Waals surface area (Å²) in [5, 5.41) is 0. The molecule has 0 aromatic rings. The van der Waals surface area contributed by atoms with Gasteiger partial charge in [0.1, 0.15) is 0 Å². The summed E-state index contributed by atoms with van der Waals surface area (Å²) < 4.78 is 0. The number of likely N-dealkylation sites (tertiary alicyclic amines) is 1. The normalized spacial score (nSPS) is 32.7. The van der Waals surface area contributed by atoms with Crippen molar-refractivity contribution in [2.45, 2.75) is 44.7 Å². The molecule has 1 aliphatic heterocycles. The first-order chi connectivity index (χ1) is 6.07. The molecule has 74 valence electrons. The van der Waals surface area contributed by atoms with E-state index in [-0.39, 0.29) is 5.54 Å². The van der Waals surface area contributed by atoms with Crippen molar-refractivity contribution >= 4 is 5.91 Å². The standard InChI is InChI=1S/C10H18N2O/c1-10(2)7(6-11)5-9(13)12(10)8-3-4-8/h7-8H,3-6,11H2,1-2H3. The summed E-state index contributed by atoms with van der Waals surface area (Å²) >= 11 is 0. The number of nitrogens with two attached hydrogens (primary N) is 1. The molecule has 1 heterocycles. The van der Waals surface area contributed by atoms with Crippen LogP contribution in [-0.2, 0) is 4.79 Å². The van der Waals surface area contributed by atoms with Gasteiger partial charge in [-0.15, -0.1) is 0 Å². The molecular weight excluding hydrogens is 164 g/mol. The van der Waals surface area contributed by atoms with Crippen LogP contribution in [0.1, 0.15) is 33.1 Å². The zero-order chi connectivity index (χ0) is 9.64. The fraction of sp³-hybridized carbons (Fsp3) is 0.900. The summed E-state index contributed by atoms with van der Waals surface area (Å²) in [5.74, 6) is 0.656. The summed E-state index contributed by atoms with van der Waals surface area (Å²) in [5.41, 5.74) is 5.67. The molecule has 0 bridgehead atoms. The van der Waals surface area contributed by atoms with E-state index in [9.17, 15) is 4.79 Å². The van der Waals surface area contributed by atoms with Gasteiger partial charge in [0.25, 0.3) is 0 Å². The van der Waals surface area contributed by atoms with Crippen LogP contribution in [0, 0.1) is 5.92 Å². The Hall–Kier alpha value is -0.570. The van der Waals surface area contributed by atoms with E-state index in [4.69, 9.17) is 5.73 Å². The Kier molecular flexibility index (Phi) is 1.88. The van der Waals surface area contributed by atoms with Crippen molar-refractivity contribution in [2.24, 2.45) is 11.7 Å². The molecule has 0 radical (unpaired) electrons. The number of carbonyl (C=O) groups is 1. The number of rotatable bonds is 2. The Balaban J connectivity index is 2.20. The Labute approximate surface area is 79.3 Å². The zero-order valence-electron chi connectivity index (χ0n) is 8.42. The van der Waals surface area contributed by atoms with E-state index in [0.29, 0.717) is 30.8 Å². The van der Waals surface area contributed by atoms with Crippen molar-refractivity contribution < 1.29 is 4.79 Å². The van der Waals surface area contributed by atoms with Crippen molar-refractivity contribution in [1.82, 2.24) is 4.90 Å². The third kappa shape index (κ3) is 1.26. The third-order valence-electron chi connectivity index (χ3n) is 3.51. The quantitative estimate of drug-likeness (QED) is 0.684. The smallest absolute Gasteiger partial charge is 0.223 e. The maximum Gasteiger partial charge on any atom is 0.223 e. The van der Waals surface area contributed by atoms with Gasteiger partial charge >= 0.3 is 0 Å². The minimum absolute atomic E-state index is 0.00694. The SMILES string of the molecule is CC1(C)C(CN)CC(=O)N1C1CC1. The van der Waals surface area contributed by atoms with E-state index in [1.165, 1.54) is 12.8 Å². The van der Waals surface area contributed by atoms with Gasteiger partial charge in [0.15, 0.2) is 0 Å². The van der Waals surface area contributed by atoms with Gasteiger partial charge in [0.05, 0.1) is 0 Å². The van der Waals surface area contributed by atoms with E-state index in [0.717, 1.165) is 0 Å². The van der Waals surface area contributed by atoms with Gasteiger partial charge in [0.2, 0.25) is 5.91 Å². The predicted octanol–water partition coefficient (Wildman–Crippen LogP) is 0.735. The van der Waals surface area contributed by atoms with Gasteiger partial charge in [-0.2, -0.15) is 0 Å². The minimum Gasteiger partial charge on any atom is -0.334 e. The topological polar surface area (TPSA) is 46.3 Å². The summed E-state index contributed by atoms with van der Waals surface area (Å²) in [6.07, 6.45) is 3.03. The van der Waals surface area contributed by atoms with Gasteiger partial charge in [-0.25, -0.2) is 0 Å². The molecule has 1 unspecified atom stereocenters. The highest BCUT2D eigenvalue weighted by atomic mass is 16.2. The summed E-state index contributed by atoms with van der Waals surface area (Å²) in [6, 6.07) is 0.527. The first-order valence-corrected chi connectivity index (χ1v) is 5.09. The molecule has 2 fully saturated rings.